The van der Waals surface area contributed by atoms with Crippen molar-refractivity contribution in [1.82, 2.24) is 9.80 Å². The summed E-state index contributed by atoms with van der Waals surface area (Å²) in [7, 11) is 0. The second-order valence-electron chi connectivity index (χ2n) is 7.78. The second kappa shape index (κ2) is 10.5. The molecule has 4 nitrogen and oxygen atoms in total. The molecular formula is C26H25FN2O2S. The summed E-state index contributed by atoms with van der Waals surface area (Å²) in [5.74, 6) is 0.327. The van der Waals surface area contributed by atoms with Crippen molar-refractivity contribution in [2.75, 3.05) is 18.2 Å². The molecule has 0 spiro atoms. The van der Waals surface area contributed by atoms with E-state index in [0.29, 0.717) is 30.3 Å². The molecule has 0 N–H and O–H groups in total. The lowest BCUT2D eigenvalue weighted by Gasteiger charge is -2.30. The van der Waals surface area contributed by atoms with Gasteiger partial charge in [0.05, 0.1) is 5.88 Å². The average Bonchev–Trinajstić information content (AvgIpc) is 3.32. The molecule has 0 aliphatic carbocycles. The molecule has 1 aliphatic rings. The molecule has 6 heteroatoms. The zero-order valence-electron chi connectivity index (χ0n) is 17.7. The van der Waals surface area contributed by atoms with Gasteiger partial charge in [0, 0.05) is 24.4 Å². The van der Waals surface area contributed by atoms with E-state index in [1.165, 1.54) is 29.8 Å². The first-order valence-corrected chi connectivity index (χ1v) is 11.8. The smallest absolute Gasteiger partial charge is 0.255 e. The fraction of sp³-hybridized carbons (Fsp3) is 0.231. The number of benzene rings is 3. The highest BCUT2D eigenvalue weighted by atomic mass is 32.2. The Kier molecular flexibility index (Phi) is 7.22. The number of rotatable bonds is 7. The van der Waals surface area contributed by atoms with E-state index in [1.54, 1.807) is 16.7 Å². The second-order valence-corrected chi connectivity index (χ2v) is 8.78. The maximum absolute atomic E-state index is 13.6. The van der Waals surface area contributed by atoms with E-state index in [4.69, 9.17) is 0 Å². The lowest BCUT2D eigenvalue weighted by molar-refractivity contribution is -0.135. The van der Waals surface area contributed by atoms with Crippen molar-refractivity contribution < 1.29 is 14.0 Å². The molecule has 1 atom stereocenters. The third-order valence-electron chi connectivity index (χ3n) is 5.56. The number of hydrogen-bond donors (Lipinski definition) is 0. The van der Waals surface area contributed by atoms with Crippen LogP contribution < -0.4 is 0 Å². The van der Waals surface area contributed by atoms with Gasteiger partial charge in [-0.3, -0.25) is 9.59 Å². The van der Waals surface area contributed by atoms with E-state index in [9.17, 15) is 14.0 Å². The van der Waals surface area contributed by atoms with E-state index in [0.717, 1.165) is 12.0 Å². The van der Waals surface area contributed by atoms with Crippen LogP contribution in [0.25, 0.3) is 0 Å². The fourth-order valence-corrected chi connectivity index (χ4v) is 4.94. The van der Waals surface area contributed by atoms with Crippen molar-refractivity contribution in [2.24, 2.45) is 0 Å². The number of hydrogen-bond acceptors (Lipinski definition) is 3. The zero-order chi connectivity index (χ0) is 22.3. The van der Waals surface area contributed by atoms with Crippen LogP contribution in [0.15, 0.2) is 84.9 Å². The Labute approximate surface area is 192 Å². The number of amides is 2. The Morgan fingerprint density at radius 1 is 0.906 bits per heavy atom. The molecule has 1 unspecified atom stereocenters. The predicted molar refractivity (Wildman–Crippen MR) is 126 cm³/mol. The van der Waals surface area contributed by atoms with Gasteiger partial charge >= 0.3 is 0 Å². The van der Waals surface area contributed by atoms with Crippen molar-refractivity contribution in [3.05, 3.63) is 107 Å². The van der Waals surface area contributed by atoms with Gasteiger partial charge in [-0.05, 0) is 41.8 Å². The van der Waals surface area contributed by atoms with Crippen LogP contribution in [-0.2, 0) is 17.8 Å². The van der Waals surface area contributed by atoms with Gasteiger partial charge in [-0.25, -0.2) is 4.39 Å². The molecule has 1 saturated heterocycles. The van der Waals surface area contributed by atoms with Gasteiger partial charge < -0.3 is 9.80 Å². The summed E-state index contributed by atoms with van der Waals surface area (Å²) in [6.45, 7) is 1.06. The molecule has 1 heterocycles. The van der Waals surface area contributed by atoms with Crippen LogP contribution in [0.4, 0.5) is 4.39 Å². The normalized spacial score (nSPS) is 15.5. The summed E-state index contributed by atoms with van der Waals surface area (Å²) >= 11 is 1.57. The summed E-state index contributed by atoms with van der Waals surface area (Å²) in [6.07, 6.45) is 0.741. The molecule has 164 valence electrons. The van der Waals surface area contributed by atoms with Crippen LogP contribution in [0.1, 0.15) is 21.5 Å². The molecule has 3 aromatic carbocycles. The highest BCUT2D eigenvalue weighted by Gasteiger charge is 2.37. The van der Waals surface area contributed by atoms with Gasteiger partial charge in [-0.2, -0.15) is 0 Å². The largest absolute Gasteiger partial charge is 0.336 e. The van der Waals surface area contributed by atoms with Crippen molar-refractivity contribution in [3.63, 3.8) is 0 Å². The van der Waals surface area contributed by atoms with E-state index in [2.05, 4.69) is 12.1 Å². The van der Waals surface area contributed by atoms with Crippen molar-refractivity contribution in [1.29, 1.82) is 0 Å². The van der Waals surface area contributed by atoms with E-state index in [-0.39, 0.29) is 17.6 Å². The van der Waals surface area contributed by atoms with Crippen molar-refractivity contribution in [2.45, 2.75) is 19.0 Å². The Bertz CT molecular complexity index is 1040. The van der Waals surface area contributed by atoms with Crippen LogP contribution in [0, 0.1) is 5.82 Å². The summed E-state index contributed by atoms with van der Waals surface area (Å²) in [6, 6.07) is 24.9. The van der Waals surface area contributed by atoms with Crippen LogP contribution in [0.3, 0.4) is 0 Å². The standard InChI is InChI=1S/C26H25FN2O2S/c27-23-13-11-22(12-14-23)25(30)29-19-32-18-24(29)26(31)28(17-21-9-5-2-6-10-21)16-15-20-7-3-1-4-8-20/h1-14,24H,15-19H2. The quantitative estimate of drug-likeness (QED) is 0.530. The molecule has 0 saturated carbocycles. The zero-order valence-corrected chi connectivity index (χ0v) is 18.5. The lowest BCUT2D eigenvalue weighted by atomic mass is 10.1. The number of carbonyl (C=O) groups excluding carboxylic acids is 2. The van der Waals surface area contributed by atoms with Gasteiger partial charge in [0.1, 0.15) is 11.9 Å². The Morgan fingerprint density at radius 2 is 1.53 bits per heavy atom. The maximum Gasteiger partial charge on any atom is 0.255 e. The van der Waals surface area contributed by atoms with E-state index >= 15 is 0 Å². The third kappa shape index (κ3) is 5.37. The lowest BCUT2D eigenvalue weighted by Crippen LogP contribution is -2.49. The highest BCUT2D eigenvalue weighted by molar-refractivity contribution is 7.99. The van der Waals surface area contributed by atoms with Crippen LogP contribution in [0.5, 0.6) is 0 Å². The first-order chi connectivity index (χ1) is 15.6. The number of halogens is 1. The summed E-state index contributed by atoms with van der Waals surface area (Å²) in [5, 5.41) is 0. The van der Waals surface area contributed by atoms with Gasteiger partial charge in [0.15, 0.2) is 0 Å². The summed E-state index contributed by atoms with van der Waals surface area (Å²) < 4.78 is 13.3. The van der Waals surface area contributed by atoms with E-state index < -0.39 is 6.04 Å². The molecule has 0 radical (unpaired) electrons. The minimum atomic E-state index is -0.531. The molecule has 1 aliphatic heterocycles. The average molecular weight is 449 g/mol. The number of nitrogens with zero attached hydrogens (tertiary/aromatic N) is 2. The van der Waals surface area contributed by atoms with Gasteiger partial charge in [0.2, 0.25) is 5.91 Å². The van der Waals surface area contributed by atoms with Gasteiger partial charge in [0.25, 0.3) is 5.91 Å². The SMILES string of the molecule is O=C(C1CSCN1C(=O)c1ccc(F)cc1)N(CCc1ccccc1)Cc1ccccc1. The maximum atomic E-state index is 13.6. The van der Waals surface area contributed by atoms with Gasteiger partial charge in [-0.15, -0.1) is 11.8 Å². The fourth-order valence-electron chi connectivity index (χ4n) is 3.80. The first-order valence-electron chi connectivity index (χ1n) is 10.6. The molecule has 0 bridgehead atoms. The Morgan fingerprint density at radius 3 is 2.19 bits per heavy atom. The highest BCUT2D eigenvalue weighted by Crippen LogP contribution is 2.25. The minimum absolute atomic E-state index is 0.0507. The number of carbonyl (C=O) groups is 2. The molecule has 0 aromatic heterocycles. The van der Waals surface area contributed by atoms with Crippen LogP contribution >= 0.6 is 11.8 Å². The summed E-state index contributed by atoms with van der Waals surface area (Å²) in [4.78, 5) is 30.1. The van der Waals surface area contributed by atoms with E-state index in [1.807, 2.05) is 53.4 Å². The number of thioether (sulfide) groups is 1. The molecule has 32 heavy (non-hydrogen) atoms. The van der Waals surface area contributed by atoms with Crippen LogP contribution in [0.2, 0.25) is 0 Å². The van der Waals surface area contributed by atoms with Crippen molar-refractivity contribution >= 4 is 23.6 Å². The molecule has 4 rings (SSSR count). The Balaban J connectivity index is 1.52. The minimum Gasteiger partial charge on any atom is -0.336 e. The third-order valence-corrected chi connectivity index (χ3v) is 6.57. The molecule has 2 amide bonds. The molecule has 1 fully saturated rings. The monoisotopic (exact) mass is 448 g/mol. The van der Waals surface area contributed by atoms with Crippen molar-refractivity contribution in [3.8, 4) is 0 Å². The molecule has 3 aromatic rings. The first kappa shape index (κ1) is 22.1. The molecular weight excluding hydrogens is 423 g/mol. The van der Waals surface area contributed by atoms with Crippen LogP contribution in [-0.4, -0.2) is 45.8 Å². The Hall–Kier alpha value is -3.12. The summed E-state index contributed by atoms with van der Waals surface area (Å²) in [5.41, 5.74) is 2.61. The topological polar surface area (TPSA) is 40.6 Å². The van der Waals surface area contributed by atoms with Gasteiger partial charge in [-0.1, -0.05) is 60.7 Å². The predicted octanol–water partition coefficient (Wildman–Crippen LogP) is 4.61.